The van der Waals surface area contributed by atoms with Gasteiger partial charge in [0.05, 0.1) is 0 Å². The van der Waals surface area contributed by atoms with Crippen molar-refractivity contribution in [3.05, 3.63) is 0 Å². The van der Waals surface area contributed by atoms with E-state index in [4.69, 9.17) is 0 Å². The fourth-order valence-corrected chi connectivity index (χ4v) is 1.39. The van der Waals surface area contributed by atoms with Crippen molar-refractivity contribution < 1.29 is 0 Å². The molecular weight excluding hydrogens is 120 g/mol. The first-order chi connectivity index (χ1) is 4.79. The van der Waals surface area contributed by atoms with Crippen LogP contribution in [0.4, 0.5) is 0 Å². The van der Waals surface area contributed by atoms with Gasteiger partial charge in [0.15, 0.2) is 0 Å². The van der Waals surface area contributed by atoms with Crippen LogP contribution in [0.1, 0.15) is 52.4 Å². The predicted octanol–water partition coefficient (Wildman–Crippen LogP) is 3.61. The summed E-state index contributed by atoms with van der Waals surface area (Å²) in [7, 11) is 0. The van der Waals surface area contributed by atoms with Gasteiger partial charge in [-0.1, -0.05) is 52.4 Å². The molecule has 0 N–H and O–H groups in total. The van der Waals surface area contributed by atoms with E-state index in [0.717, 1.165) is 11.8 Å². The van der Waals surface area contributed by atoms with E-state index in [0.29, 0.717) is 0 Å². The molecule has 1 rings (SSSR count). The lowest BCUT2D eigenvalue weighted by Crippen LogP contribution is -1.87. The molecule has 0 bridgehead atoms. The minimum atomic E-state index is 0.916. The van der Waals surface area contributed by atoms with Crippen LogP contribution in [0.25, 0.3) is 0 Å². The molecule has 60 valence electrons. The third kappa shape index (κ3) is 3.92. The number of unbranched alkanes of at least 4 members (excludes halogenated alkanes) is 1. The molecule has 0 spiro atoms. The SMILES string of the molecule is CC(C)CCCCC1CC1. The fourth-order valence-electron chi connectivity index (χ4n) is 1.39. The van der Waals surface area contributed by atoms with Crippen LogP contribution in [0.2, 0.25) is 0 Å². The normalized spacial score (nSPS) is 18.3. The summed E-state index contributed by atoms with van der Waals surface area (Å²) >= 11 is 0. The summed E-state index contributed by atoms with van der Waals surface area (Å²) in [5, 5.41) is 0. The summed E-state index contributed by atoms with van der Waals surface area (Å²) in [5.41, 5.74) is 0. The maximum Gasteiger partial charge on any atom is -0.0414 e. The Morgan fingerprint density at radius 1 is 1.20 bits per heavy atom. The van der Waals surface area contributed by atoms with Crippen LogP contribution in [-0.4, -0.2) is 0 Å². The molecule has 1 fully saturated rings. The Bertz CT molecular complexity index is 76.0. The van der Waals surface area contributed by atoms with Crippen molar-refractivity contribution in [2.45, 2.75) is 52.4 Å². The highest BCUT2D eigenvalue weighted by Gasteiger charge is 2.19. The largest absolute Gasteiger partial charge is 0.0628 e. The molecule has 0 aromatic carbocycles. The Balaban J connectivity index is 1.76. The molecule has 0 aromatic heterocycles. The summed E-state index contributed by atoms with van der Waals surface area (Å²) in [6.45, 7) is 4.63. The molecule has 0 heterocycles. The first kappa shape index (κ1) is 8.10. The summed E-state index contributed by atoms with van der Waals surface area (Å²) in [5.74, 6) is 2.06. The van der Waals surface area contributed by atoms with Crippen molar-refractivity contribution in [3.8, 4) is 0 Å². The molecule has 0 unspecified atom stereocenters. The van der Waals surface area contributed by atoms with Gasteiger partial charge in [0.25, 0.3) is 0 Å². The molecule has 0 amide bonds. The molecule has 0 nitrogen and oxygen atoms in total. The van der Waals surface area contributed by atoms with Gasteiger partial charge in [-0.05, 0) is 11.8 Å². The second kappa shape index (κ2) is 4.00. The van der Waals surface area contributed by atoms with E-state index < -0.39 is 0 Å². The molecule has 0 atom stereocenters. The van der Waals surface area contributed by atoms with Crippen LogP contribution in [0.15, 0.2) is 0 Å². The van der Waals surface area contributed by atoms with E-state index in [9.17, 15) is 0 Å². The van der Waals surface area contributed by atoms with Crippen LogP contribution in [0, 0.1) is 11.8 Å². The van der Waals surface area contributed by atoms with Crippen molar-refractivity contribution >= 4 is 0 Å². The van der Waals surface area contributed by atoms with Crippen molar-refractivity contribution in [1.29, 1.82) is 0 Å². The quantitative estimate of drug-likeness (QED) is 0.512. The predicted molar refractivity (Wildman–Crippen MR) is 46.0 cm³/mol. The summed E-state index contributed by atoms with van der Waals surface area (Å²) in [6, 6.07) is 0. The van der Waals surface area contributed by atoms with Crippen molar-refractivity contribution in [3.63, 3.8) is 0 Å². The highest BCUT2D eigenvalue weighted by Crippen LogP contribution is 2.34. The third-order valence-electron chi connectivity index (χ3n) is 2.34. The Morgan fingerprint density at radius 3 is 2.40 bits per heavy atom. The zero-order chi connectivity index (χ0) is 7.40. The average molecular weight is 140 g/mol. The highest BCUT2D eigenvalue weighted by atomic mass is 14.3. The van der Waals surface area contributed by atoms with Gasteiger partial charge in [-0.25, -0.2) is 0 Å². The lowest BCUT2D eigenvalue weighted by Gasteiger charge is -2.02. The van der Waals surface area contributed by atoms with Gasteiger partial charge in [-0.2, -0.15) is 0 Å². The van der Waals surface area contributed by atoms with E-state index in [-0.39, 0.29) is 0 Å². The second-order valence-corrected chi connectivity index (χ2v) is 4.12. The maximum atomic E-state index is 2.32. The summed E-state index contributed by atoms with van der Waals surface area (Å²) < 4.78 is 0. The van der Waals surface area contributed by atoms with E-state index in [1.165, 1.54) is 38.5 Å². The van der Waals surface area contributed by atoms with Gasteiger partial charge in [0, 0.05) is 0 Å². The summed E-state index contributed by atoms with van der Waals surface area (Å²) in [6.07, 6.45) is 8.97. The summed E-state index contributed by atoms with van der Waals surface area (Å²) in [4.78, 5) is 0. The van der Waals surface area contributed by atoms with Gasteiger partial charge in [-0.3, -0.25) is 0 Å². The zero-order valence-electron chi connectivity index (χ0n) is 7.40. The number of hydrogen-bond acceptors (Lipinski definition) is 0. The molecule has 1 aliphatic carbocycles. The molecule has 0 aliphatic heterocycles. The van der Waals surface area contributed by atoms with Crippen LogP contribution in [0.3, 0.4) is 0 Å². The van der Waals surface area contributed by atoms with Crippen LogP contribution in [-0.2, 0) is 0 Å². The van der Waals surface area contributed by atoms with Crippen LogP contribution >= 0.6 is 0 Å². The van der Waals surface area contributed by atoms with E-state index in [1.807, 2.05) is 0 Å². The average Bonchev–Trinajstić information content (AvgIpc) is 2.62. The van der Waals surface area contributed by atoms with E-state index in [2.05, 4.69) is 13.8 Å². The van der Waals surface area contributed by atoms with Crippen molar-refractivity contribution in [2.24, 2.45) is 11.8 Å². The Morgan fingerprint density at radius 2 is 1.90 bits per heavy atom. The smallest absolute Gasteiger partial charge is 0.0414 e. The minimum Gasteiger partial charge on any atom is -0.0628 e. The lowest BCUT2D eigenvalue weighted by atomic mass is 10.0. The van der Waals surface area contributed by atoms with E-state index in [1.54, 1.807) is 0 Å². The maximum absolute atomic E-state index is 2.32. The van der Waals surface area contributed by atoms with Gasteiger partial charge in [0.2, 0.25) is 0 Å². The van der Waals surface area contributed by atoms with Crippen LogP contribution in [0.5, 0.6) is 0 Å². The Labute approximate surface area is 65.0 Å². The second-order valence-electron chi connectivity index (χ2n) is 4.12. The number of rotatable bonds is 5. The Hall–Kier alpha value is 0. The van der Waals surface area contributed by atoms with Gasteiger partial charge in [-0.15, -0.1) is 0 Å². The lowest BCUT2D eigenvalue weighted by molar-refractivity contribution is 0.515. The minimum absolute atomic E-state index is 0.916. The molecule has 0 aromatic rings. The standard InChI is InChI=1S/C10H20/c1-9(2)5-3-4-6-10-7-8-10/h9-10H,3-8H2,1-2H3. The monoisotopic (exact) mass is 140 g/mol. The van der Waals surface area contributed by atoms with Gasteiger partial charge in [0.1, 0.15) is 0 Å². The molecular formula is C10H20. The first-order valence-corrected chi connectivity index (χ1v) is 4.79. The van der Waals surface area contributed by atoms with Crippen molar-refractivity contribution in [1.82, 2.24) is 0 Å². The Kier molecular flexibility index (Phi) is 3.24. The van der Waals surface area contributed by atoms with Gasteiger partial charge >= 0.3 is 0 Å². The molecule has 0 saturated heterocycles. The topological polar surface area (TPSA) is 0 Å². The van der Waals surface area contributed by atoms with Crippen LogP contribution < -0.4 is 0 Å². The molecule has 1 aliphatic rings. The first-order valence-electron chi connectivity index (χ1n) is 4.79. The van der Waals surface area contributed by atoms with Gasteiger partial charge < -0.3 is 0 Å². The van der Waals surface area contributed by atoms with E-state index >= 15 is 0 Å². The van der Waals surface area contributed by atoms with Crippen molar-refractivity contribution in [2.75, 3.05) is 0 Å². The fraction of sp³-hybridized carbons (Fsp3) is 1.00. The zero-order valence-corrected chi connectivity index (χ0v) is 7.40. The molecule has 0 heteroatoms. The molecule has 1 saturated carbocycles. The third-order valence-corrected chi connectivity index (χ3v) is 2.34. The molecule has 10 heavy (non-hydrogen) atoms. The highest BCUT2D eigenvalue weighted by molar-refractivity contribution is 4.72. The number of hydrogen-bond donors (Lipinski definition) is 0. The molecule has 0 radical (unpaired) electrons.